The maximum Gasteiger partial charge on any atom is 0.303 e. The number of hydrogen-bond acceptors (Lipinski definition) is 15. The third kappa shape index (κ3) is 13.6. The molecule has 10 heterocycles. The number of carboxylic acids is 4. The van der Waals surface area contributed by atoms with Gasteiger partial charge >= 0.3 is 23.9 Å². The summed E-state index contributed by atoms with van der Waals surface area (Å²) < 4.78 is 7.54. The topological polar surface area (TPSA) is 295 Å². The lowest BCUT2D eigenvalue weighted by Gasteiger charge is -2.31. The highest BCUT2D eigenvalue weighted by Crippen LogP contribution is 2.46. The van der Waals surface area contributed by atoms with Crippen molar-refractivity contribution in [1.82, 2.24) is 42.5 Å². The summed E-state index contributed by atoms with van der Waals surface area (Å²) in [6.45, 7) is 25.9. The van der Waals surface area contributed by atoms with Crippen LogP contribution in [0, 0.1) is 23.7 Å². The molecule has 24 atom stereocenters. The maximum atomic E-state index is 12.2. The molecule has 19 heteroatoms. The van der Waals surface area contributed by atoms with Crippen LogP contribution in [-0.2, 0) is 23.9 Å². The van der Waals surface area contributed by atoms with E-state index in [1.165, 1.54) is 39.0 Å². The number of fused-ring (bicyclic) bond motifs is 16. The van der Waals surface area contributed by atoms with E-state index in [1.54, 1.807) is 0 Å². The lowest BCUT2D eigenvalue weighted by molar-refractivity contribution is -0.138. The molecular weight excluding hydrogens is 1100 g/mol. The van der Waals surface area contributed by atoms with Crippen LogP contribution in [0.3, 0.4) is 0 Å². The first-order chi connectivity index (χ1) is 41.2. The van der Waals surface area contributed by atoms with Gasteiger partial charge in [0, 0.05) is 128 Å². The molecule has 87 heavy (non-hydrogen) atoms. The van der Waals surface area contributed by atoms with Crippen LogP contribution < -0.4 is 42.5 Å². The van der Waals surface area contributed by atoms with E-state index in [-0.39, 0.29) is 158 Å². The largest absolute Gasteiger partial charge is 0.481 e. The summed E-state index contributed by atoms with van der Waals surface area (Å²) in [5.74, 6) is -2.86. The van der Waals surface area contributed by atoms with Crippen LogP contribution in [0.25, 0.3) is 0 Å². The molecule has 4 saturated heterocycles. The third-order valence-corrected chi connectivity index (χ3v) is 23.9. The number of aliphatic hydroxyl groups is 2. The molecule has 0 aromatic carbocycles. The van der Waals surface area contributed by atoms with Crippen LogP contribution in [0.1, 0.15) is 186 Å². The molecule has 484 valence electrons. The minimum Gasteiger partial charge on any atom is -0.481 e. The molecule has 10 aliphatic rings. The van der Waals surface area contributed by atoms with Gasteiger partial charge in [0.2, 0.25) is 0 Å². The van der Waals surface area contributed by atoms with E-state index in [1.807, 2.05) is 13.8 Å². The highest BCUT2D eigenvalue weighted by atomic mass is 16.5. The van der Waals surface area contributed by atoms with Gasteiger partial charge in [-0.05, 0) is 181 Å². The van der Waals surface area contributed by atoms with E-state index in [0.717, 1.165) is 60.0 Å². The summed E-state index contributed by atoms with van der Waals surface area (Å²) in [4.78, 5) is 48.6. The molecular formula is C68H106N8O11. The quantitative estimate of drug-likeness (QED) is 0.0673. The average Bonchev–Trinajstić information content (AvgIpc) is 1.70. The molecule has 0 aromatic rings. The Labute approximate surface area is 516 Å². The first kappa shape index (κ1) is 65.8. The van der Waals surface area contributed by atoms with Crippen LogP contribution in [0.15, 0.2) is 66.9 Å². The fourth-order valence-electron chi connectivity index (χ4n) is 19.4. The van der Waals surface area contributed by atoms with Gasteiger partial charge in [0.25, 0.3) is 0 Å². The zero-order chi connectivity index (χ0) is 62.8. The Kier molecular flexibility index (Phi) is 20.4. The maximum absolute atomic E-state index is 12.2. The van der Waals surface area contributed by atoms with Crippen LogP contribution in [-0.4, -0.2) is 176 Å². The molecule has 0 radical (unpaired) electrons. The number of rotatable bonds is 18. The Morgan fingerprint density at radius 3 is 1.17 bits per heavy atom. The van der Waals surface area contributed by atoms with Crippen molar-refractivity contribution in [3.8, 4) is 0 Å². The number of aliphatic carboxylic acids is 4. The van der Waals surface area contributed by atoms with Crippen molar-refractivity contribution in [2.45, 2.75) is 307 Å². The smallest absolute Gasteiger partial charge is 0.303 e. The van der Waals surface area contributed by atoms with E-state index in [9.17, 15) is 49.8 Å². The van der Waals surface area contributed by atoms with Crippen molar-refractivity contribution >= 4 is 23.9 Å². The first-order valence-corrected chi connectivity index (χ1v) is 33.4. The van der Waals surface area contributed by atoms with Gasteiger partial charge in [-0.25, -0.2) is 0 Å². The van der Waals surface area contributed by atoms with Crippen LogP contribution in [0.2, 0.25) is 0 Å². The highest BCUT2D eigenvalue weighted by molar-refractivity contribution is 5.68. The average molecular weight is 1210 g/mol. The predicted octanol–water partition coefficient (Wildman–Crippen LogP) is 6.28. The van der Waals surface area contributed by atoms with Crippen molar-refractivity contribution in [2.24, 2.45) is 23.7 Å². The SMILES string of the molecule is CC1=C(CCC(=O)O)C2CC3NC(CC4NC(CC5NC(CC1N2)C(C(C)OC(C)C1=C(C)C2CC6NC(CC7NC(CC8NC(CC1N2)C(C)=C8C(C)O)C(C)C7CCC(=O)O)C(CCC(=O)O)=C6C)=C5C)C(C(C)O)C4C)C(C)=C3CCC(=O)O. The molecule has 10 rings (SSSR count). The third-order valence-electron chi connectivity index (χ3n) is 23.9. The number of ether oxygens (including phenoxy) is 1. The molecule has 16 bridgehead atoms. The number of nitrogens with one attached hydrogen (secondary N) is 8. The lowest BCUT2D eigenvalue weighted by Crippen LogP contribution is -2.47. The molecule has 0 aliphatic carbocycles. The van der Waals surface area contributed by atoms with Crippen molar-refractivity contribution in [2.75, 3.05) is 0 Å². The van der Waals surface area contributed by atoms with Crippen LogP contribution >= 0.6 is 0 Å². The molecule has 0 saturated carbocycles. The van der Waals surface area contributed by atoms with Crippen LogP contribution in [0.5, 0.6) is 0 Å². The van der Waals surface area contributed by atoms with E-state index < -0.39 is 36.1 Å². The van der Waals surface area contributed by atoms with Gasteiger partial charge in [0.05, 0.1) is 24.4 Å². The Hall–Kier alpha value is -4.12. The molecule has 0 amide bonds. The number of aliphatic hydroxyl groups excluding tert-OH is 2. The summed E-state index contributed by atoms with van der Waals surface area (Å²) in [7, 11) is 0. The van der Waals surface area contributed by atoms with E-state index >= 15 is 0 Å². The van der Waals surface area contributed by atoms with Gasteiger partial charge in [0.1, 0.15) is 0 Å². The van der Waals surface area contributed by atoms with Gasteiger partial charge in [-0.2, -0.15) is 0 Å². The molecule has 14 N–H and O–H groups in total. The Morgan fingerprint density at radius 1 is 0.402 bits per heavy atom. The molecule has 24 unspecified atom stereocenters. The van der Waals surface area contributed by atoms with Crippen molar-refractivity contribution in [1.29, 1.82) is 0 Å². The minimum atomic E-state index is -0.838. The summed E-state index contributed by atoms with van der Waals surface area (Å²) in [5.41, 5.74) is 14.1. The molecule has 19 nitrogen and oxygen atoms in total. The standard InChI is InChI=1S/C68H106N8O11/c1-29-41(13-17-61(79)80)53-28-56-44(16-20-64(85)86)32(4)48(72-56)24-59-68(36(8)52(76-59)25-58-65(37(9)77)33(5)49(73-58)21-45(29)69-53)40(12)87-39(11)67-35(7)50-22-46-30(2)42(14-18-62(81)82)54(70-46)27-55-43(15-19-63(83)84)31(3)47(71-55)23-57-66(38(10)78)34(6)51(74-57)26-60(67)75-50/h31,33,37-40,43,45-60,65,69-78H,13-28H2,1-12H3,(H,79,80)(H,81,82)(H,83,84)(H,85,86). The van der Waals surface area contributed by atoms with E-state index in [4.69, 9.17) is 4.74 Å². The molecule has 0 aromatic heterocycles. The zero-order valence-corrected chi connectivity index (χ0v) is 53.9. The van der Waals surface area contributed by atoms with Crippen molar-refractivity contribution in [3.63, 3.8) is 0 Å². The second-order valence-electron chi connectivity index (χ2n) is 28.7. The Balaban J connectivity index is 0.979. The Bertz CT molecular complexity index is 2840. The van der Waals surface area contributed by atoms with E-state index in [2.05, 4.69) is 112 Å². The Morgan fingerprint density at radius 2 is 0.724 bits per heavy atom. The summed E-state index contributed by atoms with van der Waals surface area (Å²) in [6.07, 6.45) is 6.03. The molecule has 10 aliphatic heterocycles. The van der Waals surface area contributed by atoms with Crippen molar-refractivity contribution < 1.29 is 54.6 Å². The monoisotopic (exact) mass is 1210 g/mol. The first-order valence-electron chi connectivity index (χ1n) is 33.4. The zero-order valence-electron chi connectivity index (χ0n) is 53.9. The number of hydrogen-bond donors (Lipinski definition) is 14. The number of carbonyl (C=O) groups is 4. The summed E-state index contributed by atoms with van der Waals surface area (Å²) in [6, 6.07) is -0.511. The molecule has 0 spiro atoms. The lowest BCUT2D eigenvalue weighted by atomic mass is 9.80. The normalized spacial score (nSPS) is 39.4. The fourth-order valence-corrected chi connectivity index (χ4v) is 19.4. The second-order valence-corrected chi connectivity index (χ2v) is 28.7. The van der Waals surface area contributed by atoms with Gasteiger partial charge in [0.15, 0.2) is 0 Å². The second kappa shape index (κ2) is 27.0. The highest BCUT2D eigenvalue weighted by Gasteiger charge is 2.51. The molecule has 4 fully saturated rings. The summed E-state index contributed by atoms with van der Waals surface area (Å²) in [5, 5.41) is 95.5. The van der Waals surface area contributed by atoms with Gasteiger partial charge < -0.3 is 77.9 Å². The summed E-state index contributed by atoms with van der Waals surface area (Å²) >= 11 is 0. The van der Waals surface area contributed by atoms with Gasteiger partial charge in [-0.15, -0.1) is 0 Å². The van der Waals surface area contributed by atoms with E-state index in [0.29, 0.717) is 44.9 Å². The van der Waals surface area contributed by atoms with Crippen molar-refractivity contribution in [3.05, 3.63) is 66.9 Å². The van der Waals surface area contributed by atoms with Gasteiger partial charge in [-0.1, -0.05) is 64.0 Å². The van der Waals surface area contributed by atoms with Crippen LogP contribution in [0.4, 0.5) is 0 Å². The fraction of sp³-hybridized carbons (Fsp3) is 0.765. The van der Waals surface area contributed by atoms with Gasteiger partial charge in [-0.3, -0.25) is 19.2 Å². The predicted molar refractivity (Wildman–Crippen MR) is 335 cm³/mol. The minimum absolute atomic E-state index is 0.00454. The number of carboxylic acid groups (broad SMARTS) is 4.